The van der Waals surface area contributed by atoms with Crippen molar-refractivity contribution in [3.8, 4) is 0 Å². The Morgan fingerprint density at radius 1 is 1.12 bits per heavy atom. The van der Waals surface area contributed by atoms with Crippen LogP contribution in [-0.4, -0.2) is 5.11 Å². The SMILES string of the molecule is O[C@H](c1ccsc1)c1cc2ccccc2s1. The molecule has 16 heavy (non-hydrogen) atoms. The molecule has 0 spiro atoms. The molecule has 0 saturated carbocycles. The molecule has 0 fully saturated rings. The molecule has 0 aliphatic carbocycles. The molecule has 0 saturated heterocycles. The Morgan fingerprint density at radius 2 is 2.00 bits per heavy atom. The summed E-state index contributed by atoms with van der Waals surface area (Å²) in [6.07, 6.45) is -0.483. The summed E-state index contributed by atoms with van der Waals surface area (Å²) in [6.45, 7) is 0. The zero-order valence-corrected chi connectivity index (χ0v) is 10.1. The third kappa shape index (κ3) is 1.67. The summed E-state index contributed by atoms with van der Waals surface area (Å²) in [7, 11) is 0. The van der Waals surface area contributed by atoms with Crippen LogP contribution >= 0.6 is 22.7 Å². The highest BCUT2D eigenvalue weighted by Gasteiger charge is 2.13. The second-order valence-electron chi connectivity index (χ2n) is 3.65. The van der Waals surface area contributed by atoms with Gasteiger partial charge in [-0.2, -0.15) is 11.3 Å². The zero-order valence-electron chi connectivity index (χ0n) is 8.46. The van der Waals surface area contributed by atoms with Gasteiger partial charge in [0.1, 0.15) is 6.10 Å². The van der Waals surface area contributed by atoms with Crippen LogP contribution in [0.4, 0.5) is 0 Å². The average molecular weight is 246 g/mol. The largest absolute Gasteiger partial charge is 0.383 e. The predicted molar refractivity (Wildman–Crippen MR) is 70.2 cm³/mol. The normalized spacial score (nSPS) is 13.1. The minimum atomic E-state index is -0.483. The van der Waals surface area contributed by atoms with Crippen LogP contribution in [0.15, 0.2) is 47.2 Å². The molecule has 3 rings (SSSR count). The molecule has 1 aromatic carbocycles. The first-order valence-corrected chi connectivity index (χ1v) is 6.79. The van der Waals surface area contributed by atoms with Crippen LogP contribution in [-0.2, 0) is 0 Å². The van der Waals surface area contributed by atoms with Crippen molar-refractivity contribution < 1.29 is 5.11 Å². The van der Waals surface area contributed by atoms with Crippen molar-refractivity contribution in [2.24, 2.45) is 0 Å². The summed E-state index contributed by atoms with van der Waals surface area (Å²) in [6, 6.07) is 12.3. The van der Waals surface area contributed by atoms with Crippen LogP contribution in [0.2, 0.25) is 0 Å². The van der Waals surface area contributed by atoms with Crippen LogP contribution < -0.4 is 0 Å². The molecule has 2 heterocycles. The second-order valence-corrected chi connectivity index (χ2v) is 5.54. The van der Waals surface area contributed by atoms with Crippen molar-refractivity contribution in [3.63, 3.8) is 0 Å². The van der Waals surface area contributed by atoms with Gasteiger partial charge in [0.25, 0.3) is 0 Å². The lowest BCUT2D eigenvalue weighted by Gasteiger charge is -2.04. The van der Waals surface area contributed by atoms with E-state index in [0.29, 0.717) is 0 Å². The Labute approximate surface area is 102 Å². The second kappa shape index (κ2) is 4.01. The van der Waals surface area contributed by atoms with E-state index in [2.05, 4.69) is 18.2 Å². The number of aliphatic hydroxyl groups is 1. The molecule has 1 N–H and O–H groups in total. The van der Waals surface area contributed by atoms with E-state index < -0.39 is 6.10 Å². The van der Waals surface area contributed by atoms with E-state index in [0.717, 1.165) is 10.4 Å². The molecule has 3 heteroatoms. The van der Waals surface area contributed by atoms with Gasteiger partial charge in [0.15, 0.2) is 0 Å². The quantitative estimate of drug-likeness (QED) is 0.723. The Kier molecular flexibility index (Phi) is 2.52. The maximum absolute atomic E-state index is 10.2. The van der Waals surface area contributed by atoms with E-state index >= 15 is 0 Å². The van der Waals surface area contributed by atoms with Gasteiger partial charge in [-0.25, -0.2) is 0 Å². The molecule has 0 radical (unpaired) electrons. The first kappa shape index (κ1) is 10.0. The van der Waals surface area contributed by atoms with Crippen LogP contribution in [0.1, 0.15) is 16.5 Å². The molecule has 80 valence electrons. The lowest BCUT2D eigenvalue weighted by atomic mass is 10.1. The lowest BCUT2D eigenvalue weighted by Crippen LogP contribution is -1.93. The first-order chi connectivity index (χ1) is 7.84. The van der Waals surface area contributed by atoms with Crippen LogP contribution in [0.3, 0.4) is 0 Å². The Bertz CT molecular complexity index is 562. The van der Waals surface area contributed by atoms with Crippen molar-refractivity contribution in [1.29, 1.82) is 0 Å². The summed E-state index contributed by atoms with van der Waals surface area (Å²) < 4.78 is 1.23. The summed E-state index contributed by atoms with van der Waals surface area (Å²) in [5.41, 5.74) is 0.983. The summed E-state index contributed by atoms with van der Waals surface area (Å²) in [5.74, 6) is 0. The van der Waals surface area contributed by atoms with Gasteiger partial charge in [0, 0.05) is 9.58 Å². The molecule has 0 aliphatic heterocycles. The molecular weight excluding hydrogens is 236 g/mol. The van der Waals surface area contributed by atoms with E-state index in [-0.39, 0.29) is 0 Å². The van der Waals surface area contributed by atoms with E-state index in [4.69, 9.17) is 0 Å². The Morgan fingerprint density at radius 3 is 2.75 bits per heavy atom. The van der Waals surface area contributed by atoms with Gasteiger partial charge in [0.2, 0.25) is 0 Å². The van der Waals surface area contributed by atoms with Gasteiger partial charge in [-0.15, -0.1) is 11.3 Å². The van der Waals surface area contributed by atoms with E-state index in [1.54, 1.807) is 22.7 Å². The molecule has 0 bridgehead atoms. The minimum Gasteiger partial charge on any atom is -0.383 e. The monoisotopic (exact) mass is 246 g/mol. The van der Waals surface area contributed by atoms with Gasteiger partial charge < -0.3 is 5.11 Å². The van der Waals surface area contributed by atoms with Crippen molar-refractivity contribution >= 4 is 32.8 Å². The molecule has 1 atom stereocenters. The number of rotatable bonds is 2. The van der Waals surface area contributed by atoms with Crippen LogP contribution in [0.5, 0.6) is 0 Å². The molecule has 0 amide bonds. The fraction of sp³-hybridized carbons (Fsp3) is 0.0769. The third-order valence-corrected chi connectivity index (χ3v) is 4.44. The van der Waals surface area contributed by atoms with Crippen molar-refractivity contribution in [3.05, 3.63) is 57.6 Å². The summed E-state index contributed by atoms with van der Waals surface area (Å²) >= 11 is 3.27. The fourth-order valence-corrected chi connectivity index (χ4v) is 3.49. The zero-order chi connectivity index (χ0) is 11.0. The maximum atomic E-state index is 10.2. The number of fused-ring (bicyclic) bond motifs is 1. The Balaban J connectivity index is 2.06. The van der Waals surface area contributed by atoms with Gasteiger partial charge in [-0.05, 0) is 39.9 Å². The highest BCUT2D eigenvalue weighted by Crippen LogP contribution is 2.33. The summed E-state index contributed by atoms with van der Waals surface area (Å²) in [5, 5.41) is 15.4. The van der Waals surface area contributed by atoms with Gasteiger partial charge >= 0.3 is 0 Å². The third-order valence-electron chi connectivity index (χ3n) is 2.57. The smallest absolute Gasteiger partial charge is 0.114 e. The van der Waals surface area contributed by atoms with Gasteiger partial charge in [-0.1, -0.05) is 18.2 Å². The van der Waals surface area contributed by atoms with E-state index in [9.17, 15) is 5.11 Å². The first-order valence-electron chi connectivity index (χ1n) is 5.03. The average Bonchev–Trinajstić information content (AvgIpc) is 2.97. The molecule has 3 aromatic rings. The highest BCUT2D eigenvalue weighted by molar-refractivity contribution is 7.19. The van der Waals surface area contributed by atoms with Crippen LogP contribution in [0, 0.1) is 0 Å². The molecule has 0 unspecified atom stereocenters. The summed E-state index contributed by atoms with van der Waals surface area (Å²) in [4.78, 5) is 1.01. The topological polar surface area (TPSA) is 20.2 Å². The van der Waals surface area contributed by atoms with Crippen LogP contribution in [0.25, 0.3) is 10.1 Å². The number of hydrogen-bond donors (Lipinski definition) is 1. The standard InChI is InChI=1S/C13H10OS2/c14-13(10-5-6-15-8-10)12-7-9-3-1-2-4-11(9)16-12/h1-8,13-14H/t13-/m1/s1. The number of aliphatic hydroxyl groups excluding tert-OH is 1. The fourth-order valence-electron chi connectivity index (χ4n) is 1.73. The van der Waals surface area contributed by atoms with Crippen molar-refractivity contribution in [2.45, 2.75) is 6.10 Å². The Hall–Kier alpha value is -1.16. The van der Waals surface area contributed by atoms with E-state index in [1.165, 1.54) is 10.1 Å². The van der Waals surface area contributed by atoms with Gasteiger partial charge in [0.05, 0.1) is 0 Å². The molecular formula is C13H10OS2. The number of thiophene rings is 2. The lowest BCUT2D eigenvalue weighted by molar-refractivity contribution is 0.225. The van der Waals surface area contributed by atoms with Crippen molar-refractivity contribution in [2.75, 3.05) is 0 Å². The number of benzene rings is 1. The molecule has 2 aromatic heterocycles. The van der Waals surface area contributed by atoms with Crippen molar-refractivity contribution in [1.82, 2.24) is 0 Å². The van der Waals surface area contributed by atoms with E-state index in [1.807, 2.05) is 29.0 Å². The molecule has 0 aliphatic rings. The maximum Gasteiger partial charge on any atom is 0.114 e. The minimum absolute atomic E-state index is 0.483. The number of hydrogen-bond acceptors (Lipinski definition) is 3. The molecule has 1 nitrogen and oxygen atoms in total. The van der Waals surface area contributed by atoms with Gasteiger partial charge in [-0.3, -0.25) is 0 Å². The highest BCUT2D eigenvalue weighted by atomic mass is 32.1. The predicted octanol–water partition coefficient (Wildman–Crippen LogP) is 4.04.